The molecule has 0 saturated heterocycles. The van der Waals surface area contributed by atoms with Crippen molar-refractivity contribution in [3.05, 3.63) is 34.3 Å². The second-order valence-electron chi connectivity index (χ2n) is 2.87. The van der Waals surface area contributed by atoms with Crippen LogP contribution in [0.2, 0.25) is 5.02 Å². The second-order valence-corrected chi connectivity index (χ2v) is 3.28. The molecule has 0 fully saturated rings. The molecule has 5 heteroatoms. The minimum absolute atomic E-state index is 0.0742. The van der Waals surface area contributed by atoms with E-state index < -0.39 is 17.8 Å². The van der Waals surface area contributed by atoms with Gasteiger partial charge in [0.15, 0.2) is 0 Å². The molecule has 1 aromatic rings. The third-order valence-electron chi connectivity index (χ3n) is 1.78. The average molecular weight is 225 g/mol. The smallest absolute Gasteiger partial charge is 0.389 e. The molecule has 1 atom stereocenters. The van der Waals surface area contributed by atoms with Crippen LogP contribution in [0.15, 0.2) is 18.2 Å². The Morgan fingerprint density at radius 1 is 1.36 bits per heavy atom. The highest BCUT2D eigenvalue weighted by Gasteiger charge is 2.35. The van der Waals surface area contributed by atoms with Gasteiger partial charge in [-0.15, -0.1) is 0 Å². The Morgan fingerprint density at radius 3 is 2.29 bits per heavy atom. The maximum absolute atomic E-state index is 12.4. The molecule has 0 aliphatic rings. The molecule has 0 radical (unpaired) electrons. The molecule has 14 heavy (non-hydrogen) atoms. The van der Waals surface area contributed by atoms with E-state index in [4.69, 9.17) is 16.7 Å². The molecule has 1 N–H and O–H groups in total. The van der Waals surface area contributed by atoms with Crippen LogP contribution in [0.4, 0.5) is 13.2 Å². The van der Waals surface area contributed by atoms with E-state index in [0.29, 0.717) is 0 Å². The van der Waals surface area contributed by atoms with Gasteiger partial charge in [0, 0.05) is 10.6 Å². The lowest BCUT2D eigenvalue weighted by molar-refractivity contribution is -0.139. The fourth-order valence-electron chi connectivity index (χ4n) is 1.21. The SMILES string of the molecule is C[C@H](O)c1c(Cl)cccc1C(F)(F)F. The van der Waals surface area contributed by atoms with Crippen LogP contribution in [-0.2, 0) is 6.18 Å². The van der Waals surface area contributed by atoms with Gasteiger partial charge in [-0.05, 0) is 19.1 Å². The first-order valence-electron chi connectivity index (χ1n) is 3.87. The number of halogens is 4. The van der Waals surface area contributed by atoms with Crippen molar-refractivity contribution in [1.82, 2.24) is 0 Å². The number of aliphatic hydroxyl groups excluding tert-OH is 1. The van der Waals surface area contributed by atoms with Crippen molar-refractivity contribution in [3.8, 4) is 0 Å². The standard InChI is InChI=1S/C9H8ClF3O/c1-5(14)8-6(9(11,12)13)3-2-4-7(8)10/h2-5,14H,1H3/t5-/m0/s1. The van der Waals surface area contributed by atoms with E-state index >= 15 is 0 Å². The molecule has 0 aliphatic heterocycles. The van der Waals surface area contributed by atoms with Crippen molar-refractivity contribution < 1.29 is 18.3 Å². The van der Waals surface area contributed by atoms with Gasteiger partial charge in [0.2, 0.25) is 0 Å². The van der Waals surface area contributed by atoms with Crippen molar-refractivity contribution in [3.63, 3.8) is 0 Å². The van der Waals surface area contributed by atoms with E-state index in [0.717, 1.165) is 6.07 Å². The molecule has 0 aliphatic carbocycles. The van der Waals surface area contributed by atoms with E-state index in [2.05, 4.69) is 0 Å². The summed E-state index contributed by atoms with van der Waals surface area (Å²) in [5, 5.41) is 9.09. The van der Waals surface area contributed by atoms with Crippen molar-refractivity contribution in [1.29, 1.82) is 0 Å². The normalized spacial score (nSPS) is 14.1. The zero-order chi connectivity index (χ0) is 10.9. The highest BCUT2D eigenvalue weighted by molar-refractivity contribution is 6.31. The predicted molar refractivity (Wildman–Crippen MR) is 47.1 cm³/mol. The maximum atomic E-state index is 12.4. The van der Waals surface area contributed by atoms with E-state index in [1.54, 1.807) is 0 Å². The lowest BCUT2D eigenvalue weighted by Gasteiger charge is -2.15. The number of aliphatic hydroxyl groups is 1. The Morgan fingerprint density at radius 2 is 1.93 bits per heavy atom. The number of benzene rings is 1. The first-order valence-corrected chi connectivity index (χ1v) is 4.25. The van der Waals surface area contributed by atoms with Crippen molar-refractivity contribution >= 4 is 11.6 Å². The third-order valence-corrected chi connectivity index (χ3v) is 2.11. The first kappa shape index (κ1) is 11.3. The van der Waals surface area contributed by atoms with Crippen LogP contribution < -0.4 is 0 Å². The average Bonchev–Trinajstić information content (AvgIpc) is 2.01. The Bertz CT molecular complexity index is 333. The van der Waals surface area contributed by atoms with Crippen LogP contribution in [0.25, 0.3) is 0 Å². The van der Waals surface area contributed by atoms with Crippen LogP contribution in [-0.4, -0.2) is 5.11 Å². The summed E-state index contributed by atoms with van der Waals surface area (Å²) in [5.74, 6) is 0. The highest BCUT2D eigenvalue weighted by atomic mass is 35.5. The summed E-state index contributed by atoms with van der Waals surface area (Å²) >= 11 is 5.57. The fourth-order valence-corrected chi connectivity index (χ4v) is 1.54. The van der Waals surface area contributed by atoms with E-state index in [9.17, 15) is 13.2 Å². The Kier molecular flexibility index (Phi) is 3.07. The number of hydrogen-bond donors (Lipinski definition) is 1. The number of alkyl halides is 3. The van der Waals surface area contributed by atoms with Gasteiger partial charge in [0.1, 0.15) is 0 Å². The monoisotopic (exact) mass is 224 g/mol. The summed E-state index contributed by atoms with van der Waals surface area (Å²) in [4.78, 5) is 0. The van der Waals surface area contributed by atoms with Crippen molar-refractivity contribution in [2.75, 3.05) is 0 Å². The third kappa shape index (κ3) is 2.19. The minimum atomic E-state index is -4.49. The van der Waals surface area contributed by atoms with Crippen LogP contribution in [0.1, 0.15) is 24.2 Å². The van der Waals surface area contributed by atoms with Gasteiger partial charge in [-0.25, -0.2) is 0 Å². The zero-order valence-corrected chi connectivity index (χ0v) is 8.02. The van der Waals surface area contributed by atoms with Gasteiger partial charge < -0.3 is 5.11 Å². The quantitative estimate of drug-likeness (QED) is 0.775. The molecular weight excluding hydrogens is 217 g/mol. The molecule has 1 nitrogen and oxygen atoms in total. The first-order chi connectivity index (χ1) is 6.34. The maximum Gasteiger partial charge on any atom is 0.416 e. The highest BCUT2D eigenvalue weighted by Crippen LogP contribution is 2.37. The minimum Gasteiger partial charge on any atom is -0.389 e. The van der Waals surface area contributed by atoms with E-state index in [1.807, 2.05) is 0 Å². The topological polar surface area (TPSA) is 20.2 Å². The van der Waals surface area contributed by atoms with Gasteiger partial charge in [0.25, 0.3) is 0 Å². The molecule has 0 amide bonds. The van der Waals surface area contributed by atoms with Crippen LogP contribution in [0.3, 0.4) is 0 Å². The summed E-state index contributed by atoms with van der Waals surface area (Å²) in [7, 11) is 0. The molecule has 0 bridgehead atoms. The summed E-state index contributed by atoms with van der Waals surface area (Å²) < 4.78 is 37.3. The molecule has 78 valence electrons. The molecule has 0 saturated carbocycles. The molecule has 0 aromatic heterocycles. The molecule has 1 rings (SSSR count). The predicted octanol–water partition coefficient (Wildman–Crippen LogP) is 3.41. The Balaban J connectivity index is 3.36. The van der Waals surface area contributed by atoms with Gasteiger partial charge in [-0.2, -0.15) is 13.2 Å². The summed E-state index contributed by atoms with van der Waals surface area (Å²) in [6.45, 7) is 1.25. The fraction of sp³-hybridized carbons (Fsp3) is 0.333. The Hall–Kier alpha value is -0.740. The van der Waals surface area contributed by atoms with Gasteiger partial charge in [-0.1, -0.05) is 17.7 Å². The van der Waals surface area contributed by atoms with E-state index in [1.165, 1.54) is 19.1 Å². The molecule has 1 aromatic carbocycles. The second kappa shape index (κ2) is 3.79. The van der Waals surface area contributed by atoms with Crippen molar-refractivity contribution in [2.45, 2.75) is 19.2 Å². The van der Waals surface area contributed by atoms with Crippen LogP contribution in [0, 0.1) is 0 Å². The van der Waals surface area contributed by atoms with Crippen molar-refractivity contribution in [2.24, 2.45) is 0 Å². The molecule has 0 spiro atoms. The van der Waals surface area contributed by atoms with Crippen LogP contribution >= 0.6 is 11.6 Å². The Labute approximate surface area is 84.1 Å². The molecule has 0 heterocycles. The lowest BCUT2D eigenvalue weighted by atomic mass is 10.0. The largest absolute Gasteiger partial charge is 0.416 e. The van der Waals surface area contributed by atoms with Gasteiger partial charge in [-0.3, -0.25) is 0 Å². The summed E-state index contributed by atoms with van der Waals surface area (Å²) in [5.41, 5.74) is -1.17. The molecular formula is C9H8ClF3O. The van der Waals surface area contributed by atoms with Gasteiger partial charge in [0.05, 0.1) is 11.7 Å². The summed E-state index contributed by atoms with van der Waals surface area (Å²) in [6, 6.07) is 3.42. The van der Waals surface area contributed by atoms with Gasteiger partial charge >= 0.3 is 6.18 Å². The molecule has 0 unspecified atom stereocenters. The van der Waals surface area contributed by atoms with Crippen LogP contribution in [0.5, 0.6) is 0 Å². The summed E-state index contributed by atoms with van der Waals surface area (Å²) in [6.07, 6.45) is -5.72. The lowest BCUT2D eigenvalue weighted by Crippen LogP contribution is -2.11. The number of hydrogen-bond acceptors (Lipinski definition) is 1. The van der Waals surface area contributed by atoms with E-state index in [-0.39, 0.29) is 10.6 Å². The number of rotatable bonds is 1. The zero-order valence-electron chi connectivity index (χ0n) is 7.27.